The summed E-state index contributed by atoms with van der Waals surface area (Å²) >= 11 is 0. The first kappa shape index (κ1) is 9.27. The van der Waals surface area contributed by atoms with Crippen LogP contribution in [0.2, 0.25) is 0 Å². The number of nitrogens with zero attached hydrogens (tertiary/aromatic N) is 1. The Hall–Kier alpha value is -0.820. The summed E-state index contributed by atoms with van der Waals surface area (Å²) in [5.74, 6) is 0. The minimum Gasteiger partial charge on any atom is -0.305 e. The molecule has 0 bridgehead atoms. The molecule has 0 heterocycles. The zero-order valence-electron chi connectivity index (χ0n) is 8.17. The van der Waals surface area contributed by atoms with Gasteiger partial charge >= 0.3 is 0 Å². The van der Waals surface area contributed by atoms with Crippen molar-refractivity contribution in [2.24, 2.45) is 0 Å². The molecule has 1 heteroatoms. The van der Waals surface area contributed by atoms with E-state index in [0.717, 1.165) is 13.0 Å². The van der Waals surface area contributed by atoms with Crippen LogP contribution in [0.4, 0.5) is 0 Å². The Morgan fingerprint density at radius 2 is 1.83 bits per heavy atom. The van der Waals surface area contributed by atoms with Crippen molar-refractivity contribution in [3.8, 4) is 0 Å². The summed E-state index contributed by atoms with van der Waals surface area (Å²) < 4.78 is 0. The zero-order chi connectivity index (χ0) is 8.97. The second kappa shape index (κ2) is 4.27. The molecule has 0 amide bonds. The fraction of sp³-hybridized carbons (Fsp3) is 0.455. The van der Waals surface area contributed by atoms with Crippen molar-refractivity contribution in [1.29, 1.82) is 0 Å². The van der Waals surface area contributed by atoms with Gasteiger partial charge in [-0.25, -0.2) is 0 Å². The quantitative estimate of drug-likeness (QED) is 0.661. The third-order valence-corrected chi connectivity index (χ3v) is 1.90. The Morgan fingerprint density at radius 1 is 1.17 bits per heavy atom. The Morgan fingerprint density at radius 3 is 2.42 bits per heavy atom. The zero-order valence-corrected chi connectivity index (χ0v) is 8.17. The molecular weight excluding hydrogens is 146 g/mol. The van der Waals surface area contributed by atoms with Gasteiger partial charge in [0.25, 0.3) is 0 Å². The van der Waals surface area contributed by atoms with Crippen LogP contribution in [0.5, 0.6) is 0 Å². The van der Waals surface area contributed by atoms with E-state index < -0.39 is 0 Å². The fourth-order valence-corrected chi connectivity index (χ4v) is 1.31. The molecule has 0 N–H and O–H groups in total. The molecule has 0 aliphatic carbocycles. The van der Waals surface area contributed by atoms with Crippen LogP contribution in [0, 0.1) is 0 Å². The van der Waals surface area contributed by atoms with Gasteiger partial charge in [-0.05, 0) is 31.6 Å². The molecule has 1 aromatic carbocycles. The van der Waals surface area contributed by atoms with E-state index in [1.54, 1.807) is 0 Å². The van der Waals surface area contributed by atoms with Crippen molar-refractivity contribution in [1.82, 2.24) is 4.90 Å². The topological polar surface area (TPSA) is 3.24 Å². The van der Waals surface area contributed by atoms with E-state index in [1.807, 2.05) is 0 Å². The number of hydrogen-bond acceptors (Lipinski definition) is 1. The van der Waals surface area contributed by atoms with E-state index in [-0.39, 0.29) is 0 Å². The Balaban J connectivity index is 2.72. The Kier molecular flexibility index (Phi) is 3.30. The molecule has 1 aromatic rings. The second-order valence-electron chi connectivity index (χ2n) is 3.41. The summed E-state index contributed by atoms with van der Waals surface area (Å²) in [5.41, 5.74) is 2.83. The monoisotopic (exact) mass is 163 g/mol. The lowest BCUT2D eigenvalue weighted by atomic mass is 10.1. The molecule has 66 valence electrons. The van der Waals surface area contributed by atoms with Crippen LogP contribution in [0.15, 0.2) is 24.3 Å². The highest BCUT2D eigenvalue weighted by Gasteiger charge is 1.95. The van der Waals surface area contributed by atoms with Crippen LogP contribution in [0.1, 0.15) is 18.1 Å². The summed E-state index contributed by atoms with van der Waals surface area (Å²) in [6.07, 6.45) is 1.13. The van der Waals surface area contributed by atoms with Gasteiger partial charge in [-0.3, -0.25) is 0 Å². The lowest BCUT2D eigenvalue weighted by Crippen LogP contribution is -2.10. The standard InChI is InChI=1S/C11H17N/c1-4-10-6-5-7-11(8-10)9-12(2)3/h5-8H,4,9H2,1-3H3. The number of rotatable bonds is 3. The molecule has 1 rings (SSSR count). The van der Waals surface area contributed by atoms with Crippen LogP contribution in [0.25, 0.3) is 0 Å². The van der Waals surface area contributed by atoms with Gasteiger partial charge in [-0.15, -0.1) is 0 Å². The molecule has 0 aliphatic rings. The van der Waals surface area contributed by atoms with E-state index in [9.17, 15) is 0 Å². The van der Waals surface area contributed by atoms with Crippen LogP contribution < -0.4 is 0 Å². The summed E-state index contributed by atoms with van der Waals surface area (Å²) in [6, 6.07) is 8.77. The summed E-state index contributed by atoms with van der Waals surface area (Å²) in [4.78, 5) is 2.19. The SMILES string of the molecule is CCc1cccc(CN(C)C)c1. The normalized spacial score (nSPS) is 10.7. The van der Waals surface area contributed by atoms with Crippen LogP contribution >= 0.6 is 0 Å². The maximum Gasteiger partial charge on any atom is 0.0227 e. The van der Waals surface area contributed by atoms with Gasteiger partial charge in [0.15, 0.2) is 0 Å². The molecular formula is C11H17N. The molecule has 0 radical (unpaired) electrons. The van der Waals surface area contributed by atoms with E-state index >= 15 is 0 Å². The van der Waals surface area contributed by atoms with E-state index in [4.69, 9.17) is 0 Å². The fourth-order valence-electron chi connectivity index (χ4n) is 1.31. The summed E-state index contributed by atoms with van der Waals surface area (Å²) in [7, 11) is 4.19. The van der Waals surface area contributed by atoms with Crippen LogP contribution in [-0.4, -0.2) is 19.0 Å². The van der Waals surface area contributed by atoms with Crippen molar-refractivity contribution in [2.45, 2.75) is 19.9 Å². The lowest BCUT2D eigenvalue weighted by molar-refractivity contribution is 0.402. The molecule has 0 saturated heterocycles. The van der Waals surface area contributed by atoms with Gasteiger partial charge in [-0.1, -0.05) is 31.2 Å². The molecule has 0 atom stereocenters. The van der Waals surface area contributed by atoms with Crippen molar-refractivity contribution in [3.05, 3.63) is 35.4 Å². The van der Waals surface area contributed by atoms with Crippen LogP contribution in [-0.2, 0) is 13.0 Å². The minimum atomic E-state index is 1.04. The average molecular weight is 163 g/mol. The molecule has 0 fully saturated rings. The molecule has 0 spiro atoms. The molecule has 12 heavy (non-hydrogen) atoms. The second-order valence-corrected chi connectivity index (χ2v) is 3.41. The van der Waals surface area contributed by atoms with E-state index in [0.29, 0.717) is 0 Å². The maximum atomic E-state index is 2.28. The largest absolute Gasteiger partial charge is 0.305 e. The number of aryl methyl sites for hydroxylation is 1. The number of benzene rings is 1. The van der Waals surface area contributed by atoms with Crippen LogP contribution in [0.3, 0.4) is 0 Å². The molecule has 1 nitrogen and oxygen atoms in total. The first-order chi connectivity index (χ1) is 5.72. The highest BCUT2D eigenvalue weighted by molar-refractivity contribution is 5.23. The third kappa shape index (κ3) is 2.67. The lowest BCUT2D eigenvalue weighted by Gasteiger charge is -2.10. The average Bonchev–Trinajstić information content (AvgIpc) is 2.03. The highest BCUT2D eigenvalue weighted by atomic mass is 15.0. The van der Waals surface area contributed by atoms with E-state index in [1.165, 1.54) is 11.1 Å². The van der Waals surface area contributed by atoms with Crippen molar-refractivity contribution >= 4 is 0 Å². The van der Waals surface area contributed by atoms with Gasteiger partial charge in [0.05, 0.1) is 0 Å². The van der Waals surface area contributed by atoms with Gasteiger partial charge in [0.2, 0.25) is 0 Å². The summed E-state index contributed by atoms with van der Waals surface area (Å²) in [6.45, 7) is 3.22. The van der Waals surface area contributed by atoms with Gasteiger partial charge in [-0.2, -0.15) is 0 Å². The highest BCUT2D eigenvalue weighted by Crippen LogP contribution is 2.06. The molecule has 0 unspecified atom stereocenters. The molecule has 0 saturated carbocycles. The smallest absolute Gasteiger partial charge is 0.0227 e. The van der Waals surface area contributed by atoms with Gasteiger partial charge < -0.3 is 4.90 Å². The molecule has 0 aliphatic heterocycles. The predicted molar refractivity (Wildman–Crippen MR) is 53.2 cm³/mol. The Labute approximate surface area is 75.0 Å². The van der Waals surface area contributed by atoms with Gasteiger partial charge in [0.1, 0.15) is 0 Å². The molecule has 0 aromatic heterocycles. The van der Waals surface area contributed by atoms with E-state index in [2.05, 4.69) is 50.2 Å². The van der Waals surface area contributed by atoms with Crippen molar-refractivity contribution < 1.29 is 0 Å². The predicted octanol–water partition coefficient (Wildman–Crippen LogP) is 2.31. The minimum absolute atomic E-state index is 1.04. The Bertz CT molecular complexity index is 241. The number of hydrogen-bond donors (Lipinski definition) is 0. The van der Waals surface area contributed by atoms with Gasteiger partial charge in [0, 0.05) is 6.54 Å². The van der Waals surface area contributed by atoms with Crippen molar-refractivity contribution in [2.75, 3.05) is 14.1 Å². The third-order valence-electron chi connectivity index (χ3n) is 1.90. The first-order valence-corrected chi connectivity index (χ1v) is 4.45. The van der Waals surface area contributed by atoms with Crippen molar-refractivity contribution in [3.63, 3.8) is 0 Å². The first-order valence-electron chi connectivity index (χ1n) is 4.45. The summed E-state index contributed by atoms with van der Waals surface area (Å²) in [5, 5.41) is 0. The maximum absolute atomic E-state index is 2.28.